The maximum absolute atomic E-state index is 5.94. The van der Waals surface area contributed by atoms with Crippen LogP contribution in [0.4, 0.5) is 0 Å². The van der Waals surface area contributed by atoms with Gasteiger partial charge in [-0.25, -0.2) is 0 Å². The molecule has 0 amide bonds. The smallest absolute Gasteiger partial charge is 0.0830 e. The summed E-state index contributed by atoms with van der Waals surface area (Å²) in [6.45, 7) is 4.21. The first-order valence-corrected chi connectivity index (χ1v) is 8.21. The summed E-state index contributed by atoms with van der Waals surface area (Å²) < 4.78 is 11.7. The van der Waals surface area contributed by atoms with Gasteiger partial charge >= 0.3 is 0 Å². The van der Waals surface area contributed by atoms with Gasteiger partial charge in [-0.05, 0) is 51.5 Å². The highest BCUT2D eigenvalue weighted by molar-refractivity contribution is 4.96. The number of likely N-dealkylation sites (N-methyl/N-ethyl adjacent to an activating group) is 1. The molecule has 1 saturated heterocycles. The van der Waals surface area contributed by atoms with Gasteiger partial charge in [0.2, 0.25) is 0 Å². The summed E-state index contributed by atoms with van der Waals surface area (Å²) in [5.74, 6) is 0. The summed E-state index contributed by atoms with van der Waals surface area (Å²) in [5, 5.41) is 3.68. The molecule has 112 valence electrons. The van der Waals surface area contributed by atoms with Crippen molar-refractivity contribution in [3.05, 3.63) is 0 Å². The lowest BCUT2D eigenvalue weighted by Crippen LogP contribution is -2.50. The first-order chi connectivity index (χ1) is 9.30. The third kappa shape index (κ3) is 3.93. The van der Waals surface area contributed by atoms with E-state index in [2.05, 4.69) is 12.2 Å². The minimum absolute atomic E-state index is 0.104. The van der Waals surface area contributed by atoms with Crippen molar-refractivity contribution in [3.8, 4) is 0 Å². The monoisotopic (exact) mass is 269 g/mol. The fourth-order valence-corrected chi connectivity index (χ4v) is 3.89. The van der Waals surface area contributed by atoms with Gasteiger partial charge in [-0.3, -0.25) is 0 Å². The average Bonchev–Trinajstić information content (AvgIpc) is 3.10. The zero-order valence-corrected chi connectivity index (χ0v) is 12.7. The highest BCUT2D eigenvalue weighted by Gasteiger charge is 2.40. The maximum atomic E-state index is 5.94. The Morgan fingerprint density at radius 1 is 1.32 bits per heavy atom. The van der Waals surface area contributed by atoms with Crippen LogP contribution < -0.4 is 5.32 Å². The van der Waals surface area contributed by atoms with E-state index in [9.17, 15) is 0 Å². The summed E-state index contributed by atoms with van der Waals surface area (Å²) >= 11 is 0. The number of hydrogen-bond donors (Lipinski definition) is 1. The van der Waals surface area contributed by atoms with Crippen molar-refractivity contribution in [2.24, 2.45) is 0 Å². The number of rotatable bonds is 8. The Labute approximate surface area is 118 Å². The van der Waals surface area contributed by atoms with Crippen molar-refractivity contribution in [1.29, 1.82) is 0 Å². The standard InChI is InChI=1S/C16H31NO2/c1-3-17-15(16(18-2)11-4-5-12-16)10-6-8-14-9-7-13-19-14/h14-15,17H,3-13H2,1-2H3. The van der Waals surface area contributed by atoms with Crippen molar-refractivity contribution in [3.63, 3.8) is 0 Å². The molecule has 3 nitrogen and oxygen atoms in total. The van der Waals surface area contributed by atoms with Crippen molar-refractivity contribution in [2.75, 3.05) is 20.3 Å². The molecule has 0 aromatic carbocycles. The molecule has 0 aromatic heterocycles. The predicted molar refractivity (Wildman–Crippen MR) is 78.5 cm³/mol. The SMILES string of the molecule is CCNC(CCCC1CCCO1)C1(OC)CCCC1. The lowest BCUT2D eigenvalue weighted by molar-refractivity contribution is -0.0386. The van der Waals surface area contributed by atoms with E-state index in [1.54, 1.807) is 0 Å². The molecular formula is C16H31NO2. The van der Waals surface area contributed by atoms with Crippen LogP contribution in [-0.2, 0) is 9.47 Å². The molecule has 2 rings (SSSR count). The van der Waals surface area contributed by atoms with Gasteiger partial charge in [0.1, 0.15) is 0 Å². The molecule has 19 heavy (non-hydrogen) atoms. The molecule has 1 heterocycles. The van der Waals surface area contributed by atoms with Crippen LogP contribution in [-0.4, -0.2) is 38.0 Å². The van der Waals surface area contributed by atoms with Crippen LogP contribution in [0.1, 0.15) is 64.7 Å². The Balaban J connectivity index is 1.80. The third-order valence-corrected chi connectivity index (χ3v) is 4.98. The number of methoxy groups -OCH3 is 1. The summed E-state index contributed by atoms with van der Waals surface area (Å²) in [7, 11) is 1.90. The van der Waals surface area contributed by atoms with Gasteiger partial charge in [-0.2, -0.15) is 0 Å². The Hall–Kier alpha value is -0.120. The molecule has 1 aliphatic carbocycles. The highest BCUT2D eigenvalue weighted by Crippen LogP contribution is 2.37. The molecule has 1 aliphatic heterocycles. The van der Waals surface area contributed by atoms with Gasteiger partial charge < -0.3 is 14.8 Å². The van der Waals surface area contributed by atoms with Gasteiger partial charge in [0.25, 0.3) is 0 Å². The van der Waals surface area contributed by atoms with Gasteiger partial charge in [0.05, 0.1) is 11.7 Å². The zero-order valence-electron chi connectivity index (χ0n) is 12.7. The molecule has 0 bridgehead atoms. The molecule has 3 heteroatoms. The van der Waals surface area contributed by atoms with E-state index in [4.69, 9.17) is 9.47 Å². The van der Waals surface area contributed by atoms with E-state index in [1.165, 1.54) is 57.8 Å². The van der Waals surface area contributed by atoms with E-state index in [0.717, 1.165) is 13.2 Å². The molecule has 2 unspecified atom stereocenters. The largest absolute Gasteiger partial charge is 0.378 e. The summed E-state index contributed by atoms with van der Waals surface area (Å²) in [6.07, 6.45) is 11.8. The fraction of sp³-hybridized carbons (Fsp3) is 1.00. The number of hydrogen-bond acceptors (Lipinski definition) is 3. The molecule has 2 aliphatic rings. The molecule has 1 N–H and O–H groups in total. The minimum atomic E-state index is 0.104. The number of nitrogens with one attached hydrogen (secondary N) is 1. The minimum Gasteiger partial charge on any atom is -0.378 e. The van der Waals surface area contributed by atoms with Crippen molar-refractivity contribution < 1.29 is 9.47 Å². The van der Waals surface area contributed by atoms with Crippen LogP contribution in [0.5, 0.6) is 0 Å². The van der Waals surface area contributed by atoms with Crippen LogP contribution in [0, 0.1) is 0 Å². The fourth-order valence-electron chi connectivity index (χ4n) is 3.89. The normalized spacial score (nSPS) is 27.8. The Morgan fingerprint density at radius 2 is 2.11 bits per heavy atom. The van der Waals surface area contributed by atoms with Crippen LogP contribution in [0.15, 0.2) is 0 Å². The third-order valence-electron chi connectivity index (χ3n) is 4.98. The maximum Gasteiger partial charge on any atom is 0.0830 e. The molecule has 0 aromatic rings. The summed E-state index contributed by atoms with van der Waals surface area (Å²) in [6, 6.07) is 0.520. The zero-order chi connectivity index (χ0) is 13.6. The molecule has 2 fully saturated rings. The first kappa shape index (κ1) is 15.3. The quantitative estimate of drug-likeness (QED) is 0.733. The van der Waals surface area contributed by atoms with Gasteiger partial charge in [0.15, 0.2) is 0 Å². The second-order valence-electron chi connectivity index (χ2n) is 6.15. The van der Waals surface area contributed by atoms with E-state index in [1.807, 2.05) is 7.11 Å². The van der Waals surface area contributed by atoms with Crippen LogP contribution in [0.3, 0.4) is 0 Å². The number of ether oxygens (including phenoxy) is 2. The molecule has 2 atom stereocenters. The second kappa shape index (κ2) is 7.61. The van der Waals surface area contributed by atoms with Gasteiger partial charge in [-0.1, -0.05) is 19.8 Å². The van der Waals surface area contributed by atoms with Crippen molar-refractivity contribution >= 4 is 0 Å². The van der Waals surface area contributed by atoms with Crippen molar-refractivity contribution in [1.82, 2.24) is 5.32 Å². The van der Waals surface area contributed by atoms with E-state index < -0.39 is 0 Å². The second-order valence-corrected chi connectivity index (χ2v) is 6.15. The van der Waals surface area contributed by atoms with Crippen molar-refractivity contribution in [2.45, 2.75) is 82.5 Å². The Kier molecular flexibility index (Phi) is 6.11. The van der Waals surface area contributed by atoms with Crippen LogP contribution in [0.25, 0.3) is 0 Å². The molecule has 0 radical (unpaired) electrons. The Bertz CT molecular complexity index is 245. The molecule has 0 spiro atoms. The van der Waals surface area contributed by atoms with Crippen LogP contribution in [0.2, 0.25) is 0 Å². The molecular weight excluding hydrogens is 238 g/mol. The highest BCUT2D eigenvalue weighted by atomic mass is 16.5. The molecule has 1 saturated carbocycles. The summed E-state index contributed by atoms with van der Waals surface area (Å²) in [5.41, 5.74) is 0.104. The Morgan fingerprint density at radius 3 is 2.68 bits per heavy atom. The van der Waals surface area contributed by atoms with Gasteiger partial charge in [-0.15, -0.1) is 0 Å². The predicted octanol–water partition coefficient (Wildman–Crippen LogP) is 3.27. The first-order valence-electron chi connectivity index (χ1n) is 8.21. The lowest BCUT2D eigenvalue weighted by atomic mass is 9.87. The topological polar surface area (TPSA) is 30.5 Å². The van der Waals surface area contributed by atoms with E-state index in [-0.39, 0.29) is 5.60 Å². The van der Waals surface area contributed by atoms with Gasteiger partial charge in [0, 0.05) is 19.8 Å². The lowest BCUT2D eigenvalue weighted by Gasteiger charge is -2.37. The van der Waals surface area contributed by atoms with E-state index >= 15 is 0 Å². The summed E-state index contributed by atoms with van der Waals surface area (Å²) in [4.78, 5) is 0. The van der Waals surface area contributed by atoms with Crippen LogP contribution >= 0.6 is 0 Å². The average molecular weight is 269 g/mol. The van der Waals surface area contributed by atoms with E-state index in [0.29, 0.717) is 12.1 Å².